The molecule has 1 heterocycles. The van der Waals surface area contributed by atoms with Crippen LogP contribution in [0.25, 0.3) is 0 Å². The van der Waals surface area contributed by atoms with Crippen molar-refractivity contribution in [3.63, 3.8) is 0 Å². The molecule has 0 saturated carbocycles. The minimum atomic E-state index is -0.529. The van der Waals surface area contributed by atoms with Crippen LogP contribution in [0.2, 0.25) is 0 Å². The van der Waals surface area contributed by atoms with Crippen molar-refractivity contribution in [2.24, 2.45) is 0 Å². The first kappa shape index (κ1) is 15.1. The number of para-hydroxylation sites is 1. The van der Waals surface area contributed by atoms with Gasteiger partial charge in [-0.2, -0.15) is 0 Å². The molecule has 5 heteroatoms. The van der Waals surface area contributed by atoms with Crippen molar-refractivity contribution in [2.75, 3.05) is 10.6 Å². The average molecular weight is 310 g/mol. The maximum absolute atomic E-state index is 12.4. The summed E-state index contributed by atoms with van der Waals surface area (Å²) in [6, 6.07) is 12.7. The largest absolute Gasteiger partial charge is 0.479 e. The zero-order valence-corrected chi connectivity index (χ0v) is 13.1. The normalized spacial score (nSPS) is 16.1. The fraction of sp³-hybridized carbons (Fsp3) is 0.222. The summed E-state index contributed by atoms with van der Waals surface area (Å²) < 4.78 is 5.49. The number of benzene rings is 2. The van der Waals surface area contributed by atoms with Gasteiger partial charge in [0.15, 0.2) is 6.10 Å². The lowest BCUT2D eigenvalue weighted by Gasteiger charge is -2.23. The molecule has 118 valence electrons. The Kier molecular flexibility index (Phi) is 4.02. The number of fused-ring (bicyclic) bond motifs is 1. The molecule has 2 aromatic rings. The number of hydrogen-bond donors (Lipinski definition) is 2. The molecule has 0 saturated heterocycles. The molecule has 0 spiro atoms. The Bertz CT molecular complexity index is 771. The Labute approximate surface area is 134 Å². The number of amides is 2. The molecule has 0 radical (unpaired) electrons. The van der Waals surface area contributed by atoms with Crippen LogP contribution in [0.5, 0.6) is 5.75 Å². The minimum absolute atomic E-state index is 0.216. The standard InChI is InChI=1S/C18H18N2O3/c1-3-12-6-4-5-7-14(12)19-18(22)13-8-9-16-15(10-13)20-17(21)11(2)23-16/h4-11H,3H2,1-2H3,(H,19,22)(H,20,21). The molecule has 1 atom stereocenters. The SMILES string of the molecule is CCc1ccccc1NC(=O)c1ccc2c(c1)NC(=O)C(C)O2. The number of hydrogen-bond acceptors (Lipinski definition) is 3. The van der Waals surface area contributed by atoms with E-state index in [2.05, 4.69) is 10.6 Å². The average Bonchev–Trinajstić information content (AvgIpc) is 2.56. The van der Waals surface area contributed by atoms with E-state index in [1.807, 2.05) is 31.2 Å². The molecule has 1 aliphatic rings. The first-order valence-electron chi connectivity index (χ1n) is 7.59. The molecule has 0 fully saturated rings. The molecular weight excluding hydrogens is 292 g/mol. The van der Waals surface area contributed by atoms with Gasteiger partial charge in [-0.3, -0.25) is 9.59 Å². The third-order valence-electron chi connectivity index (χ3n) is 3.82. The molecule has 23 heavy (non-hydrogen) atoms. The van der Waals surface area contributed by atoms with E-state index in [0.29, 0.717) is 17.0 Å². The highest BCUT2D eigenvalue weighted by atomic mass is 16.5. The molecule has 2 aromatic carbocycles. The maximum Gasteiger partial charge on any atom is 0.265 e. The summed E-state index contributed by atoms with van der Waals surface area (Å²) in [5.41, 5.74) is 2.86. The van der Waals surface area contributed by atoms with E-state index < -0.39 is 6.10 Å². The van der Waals surface area contributed by atoms with Crippen molar-refractivity contribution >= 4 is 23.2 Å². The van der Waals surface area contributed by atoms with E-state index in [1.54, 1.807) is 25.1 Å². The summed E-state index contributed by atoms with van der Waals surface area (Å²) >= 11 is 0. The Morgan fingerprint density at radius 1 is 1.26 bits per heavy atom. The van der Waals surface area contributed by atoms with E-state index >= 15 is 0 Å². The smallest absolute Gasteiger partial charge is 0.265 e. The lowest BCUT2D eigenvalue weighted by molar-refractivity contribution is -0.122. The molecular formula is C18H18N2O3. The van der Waals surface area contributed by atoms with Gasteiger partial charge >= 0.3 is 0 Å². The molecule has 0 bridgehead atoms. The van der Waals surface area contributed by atoms with Gasteiger partial charge in [0.05, 0.1) is 5.69 Å². The van der Waals surface area contributed by atoms with Crippen molar-refractivity contribution in [1.29, 1.82) is 0 Å². The number of rotatable bonds is 3. The van der Waals surface area contributed by atoms with Gasteiger partial charge in [0.25, 0.3) is 11.8 Å². The summed E-state index contributed by atoms with van der Waals surface area (Å²) in [5, 5.41) is 5.66. The van der Waals surface area contributed by atoms with Gasteiger partial charge in [0.2, 0.25) is 0 Å². The van der Waals surface area contributed by atoms with Crippen LogP contribution in [-0.4, -0.2) is 17.9 Å². The first-order valence-corrected chi connectivity index (χ1v) is 7.59. The Balaban J connectivity index is 1.83. The summed E-state index contributed by atoms with van der Waals surface area (Å²) in [6.45, 7) is 3.72. The zero-order chi connectivity index (χ0) is 16.4. The molecule has 0 aliphatic carbocycles. The lowest BCUT2D eigenvalue weighted by atomic mass is 10.1. The fourth-order valence-corrected chi connectivity index (χ4v) is 2.50. The number of aryl methyl sites for hydroxylation is 1. The van der Waals surface area contributed by atoms with Crippen molar-refractivity contribution < 1.29 is 14.3 Å². The summed E-state index contributed by atoms with van der Waals surface area (Å²) in [7, 11) is 0. The second kappa shape index (κ2) is 6.12. The second-order valence-electron chi connectivity index (χ2n) is 5.43. The van der Waals surface area contributed by atoms with Crippen LogP contribution in [-0.2, 0) is 11.2 Å². The third-order valence-corrected chi connectivity index (χ3v) is 3.82. The summed E-state index contributed by atoms with van der Waals surface area (Å²) in [4.78, 5) is 24.1. The number of carbonyl (C=O) groups excluding carboxylic acids is 2. The molecule has 1 unspecified atom stereocenters. The predicted octanol–water partition coefficient (Wildman–Crippen LogP) is 3.22. The van der Waals surface area contributed by atoms with Crippen LogP contribution >= 0.6 is 0 Å². The van der Waals surface area contributed by atoms with E-state index in [4.69, 9.17) is 4.74 Å². The van der Waals surface area contributed by atoms with Crippen LogP contribution in [0.1, 0.15) is 29.8 Å². The van der Waals surface area contributed by atoms with Crippen LogP contribution in [0, 0.1) is 0 Å². The highest BCUT2D eigenvalue weighted by molar-refractivity contribution is 6.06. The van der Waals surface area contributed by atoms with Gasteiger partial charge < -0.3 is 15.4 Å². The number of anilines is 2. The van der Waals surface area contributed by atoms with Gasteiger partial charge in [0, 0.05) is 11.3 Å². The molecule has 0 aromatic heterocycles. The third kappa shape index (κ3) is 3.04. The highest BCUT2D eigenvalue weighted by Gasteiger charge is 2.24. The predicted molar refractivity (Wildman–Crippen MR) is 88.9 cm³/mol. The topological polar surface area (TPSA) is 67.4 Å². The maximum atomic E-state index is 12.4. The van der Waals surface area contributed by atoms with Crippen LogP contribution in [0.4, 0.5) is 11.4 Å². The van der Waals surface area contributed by atoms with Crippen molar-refractivity contribution in [2.45, 2.75) is 26.4 Å². The molecule has 3 rings (SSSR count). The van der Waals surface area contributed by atoms with E-state index in [9.17, 15) is 9.59 Å². The van der Waals surface area contributed by atoms with Gasteiger partial charge in [0.1, 0.15) is 5.75 Å². The second-order valence-corrected chi connectivity index (χ2v) is 5.43. The number of ether oxygens (including phenoxy) is 1. The molecule has 2 amide bonds. The van der Waals surface area contributed by atoms with Gasteiger partial charge in [-0.25, -0.2) is 0 Å². The highest BCUT2D eigenvalue weighted by Crippen LogP contribution is 2.30. The molecule has 1 aliphatic heterocycles. The van der Waals surface area contributed by atoms with Gasteiger partial charge in [-0.1, -0.05) is 25.1 Å². The van der Waals surface area contributed by atoms with Crippen LogP contribution in [0.3, 0.4) is 0 Å². The summed E-state index contributed by atoms with van der Waals surface area (Å²) in [5.74, 6) is 0.135. The quantitative estimate of drug-likeness (QED) is 0.914. The number of nitrogens with one attached hydrogen (secondary N) is 2. The lowest BCUT2D eigenvalue weighted by Crippen LogP contribution is -2.34. The Morgan fingerprint density at radius 3 is 2.83 bits per heavy atom. The molecule has 5 nitrogen and oxygen atoms in total. The summed E-state index contributed by atoms with van der Waals surface area (Å²) in [6.07, 6.45) is 0.307. The van der Waals surface area contributed by atoms with Crippen molar-refractivity contribution in [3.05, 3.63) is 53.6 Å². The van der Waals surface area contributed by atoms with Crippen LogP contribution < -0.4 is 15.4 Å². The molecule has 2 N–H and O–H groups in total. The monoisotopic (exact) mass is 310 g/mol. The van der Waals surface area contributed by atoms with E-state index in [-0.39, 0.29) is 11.8 Å². The van der Waals surface area contributed by atoms with E-state index in [0.717, 1.165) is 17.7 Å². The Morgan fingerprint density at radius 2 is 2.04 bits per heavy atom. The van der Waals surface area contributed by atoms with Gasteiger partial charge in [-0.15, -0.1) is 0 Å². The van der Waals surface area contributed by atoms with Crippen LogP contribution in [0.15, 0.2) is 42.5 Å². The Hall–Kier alpha value is -2.82. The van der Waals surface area contributed by atoms with Gasteiger partial charge in [-0.05, 0) is 43.2 Å². The van der Waals surface area contributed by atoms with E-state index in [1.165, 1.54) is 0 Å². The zero-order valence-electron chi connectivity index (χ0n) is 13.1. The number of carbonyl (C=O) groups is 2. The van der Waals surface area contributed by atoms with Crippen molar-refractivity contribution in [1.82, 2.24) is 0 Å². The first-order chi connectivity index (χ1) is 11.1. The minimum Gasteiger partial charge on any atom is -0.479 e. The fourth-order valence-electron chi connectivity index (χ4n) is 2.50. The van der Waals surface area contributed by atoms with Crippen molar-refractivity contribution in [3.8, 4) is 5.75 Å².